The highest BCUT2D eigenvalue weighted by Gasteiger charge is 2.16. The lowest BCUT2D eigenvalue weighted by molar-refractivity contribution is -0.120. The number of benzene rings is 1. The SMILES string of the molecule is CC(Sc1nc(-c2ccc(F)cc2)cs1)C(=O)NCc1cccs1. The van der Waals surface area contributed by atoms with E-state index in [1.54, 1.807) is 23.5 Å². The minimum Gasteiger partial charge on any atom is -0.350 e. The summed E-state index contributed by atoms with van der Waals surface area (Å²) >= 11 is 4.55. The molecule has 0 bridgehead atoms. The minimum absolute atomic E-state index is 0.00747. The van der Waals surface area contributed by atoms with Crippen molar-refractivity contribution in [2.45, 2.75) is 23.1 Å². The van der Waals surface area contributed by atoms with Crippen molar-refractivity contribution in [3.63, 3.8) is 0 Å². The number of rotatable bonds is 6. The number of thioether (sulfide) groups is 1. The molecule has 3 rings (SSSR count). The van der Waals surface area contributed by atoms with Gasteiger partial charge < -0.3 is 5.32 Å². The summed E-state index contributed by atoms with van der Waals surface area (Å²) in [4.78, 5) is 17.8. The molecule has 1 amide bonds. The lowest BCUT2D eigenvalue weighted by Gasteiger charge is -2.09. The minimum atomic E-state index is -0.264. The molecule has 0 radical (unpaired) electrons. The second-order valence-electron chi connectivity index (χ2n) is 5.06. The van der Waals surface area contributed by atoms with Crippen molar-refractivity contribution < 1.29 is 9.18 Å². The molecule has 3 aromatic rings. The molecule has 1 unspecified atom stereocenters. The number of halogens is 1. The van der Waals surface area contributed by atoms with Gasteiger partial charge in [-0.2, -0.15) is 0 Å². The number of nitrogens with one attached hydrogen (secondary N) is 1. The maximum absolute atomic E-state index is 13.0. The third kappa shape index (κ3) is 4.43. The van der Waals surface area contributed by atoms with Gasteiger partial charge in [-0.05, 0) is 42.6 Å². The molecule has 0 aliphatic heterocycles. The highest BCUT2D eigenvalue weighted by atomic mass is 32.2. The van der Waals surface area contributed by atoms with Gasteiger partial charge in [0.2, 0.25) is 5.91 Å². The molecule has 124 valence electrons. The van der Waals surface area contributed by atoms with Crippen LogP contribution in [0.1, 0.15) is 11.8 Å². The second kappa shape index (κ2) is 7.92. The number of thiophene rings is 1. The summed E-state index contributed by atoms with van der Waals surface area (Å²) in [5, 5.41) is 6.63. The fourth-order valence-electron chi connectivity index (χ4n) is 2.00. The predicted molar refractivity (Wildman–Crippen MR) is 99.0 cm³/mol. The first-order valence-corrected chi connectivity index (χ1v) is 9.94. The molecule has 0 saturated heterocycles. The zero-order valence-electron chi connectivity index (χ0n) is 12.9. The van der Waals surface area contributed by atoms with E-state index in [9.17, 15) is 9.18 Å². The molecule has 24 heavy (non-hydrogen) atoms. The van der Waals surface area contributed by atoms with Gasteiger partial charge in [-0.3, -0.25) is 4.79 Å². The number of carbonyl (C=O) groups is 1. The maximum atomic E-state index is 13.0. The number of amides is 1. The summed E-state index contributed by atoms with van der Waals surface area (Å²) in [5.74, 6) is -0.272. The van der Waals surface area contributed by atoms with E-state index < -0.39 is 0 Å². The van der Waals surface area contributed by atoms with Gasteiger partial charge in [0.15, 0.2) is 4.34 Å². The summed E-state index contributed by atoms with van der Waals surface area (Å²) in [6.45, 7) is 2.42. The summed E-state index contributed by atoms with van der Waals surface area (Å²) in [7, 11) is 0. The first kappa shape index (κ1) is 17.1. The van der Waals surface area contributed by atoms with Crippen LogP contribution in [0.15, 0.2) is 51.5 Å². The zero-order chi connectivity index (χ0) is 16.9. The number of nitrogens with zero attached hydrogens (tertiary/aromatic N) is 1. The third-order valence-electron chi connectivity index (χ3n) is 3.29. The number of thiazole rings is 1. The van der Waals surface area contributed by atoms with Crippen molar-refractivity contribution in [1.82, 2.24) is 10.3 Å². The maximum Gasteiger partial charge on any atom is 0.233 e. The third-order valence-corrected chi connectivity index (χ3v) is 6.24. The van der Waals surface area contributed by atoms with E-state index in [4.69, 9.17) is 0 Å². The largest absolute Gasteiger partial charge is 0.350 e. The standard InChI is InChI=1S/C17H15FN2OS3/c1-11(16(21)19-9-14-3-2-8-22-14)24-17-20-15(10-23-17)12-4-6-13(18)7-5-12/h2-8,10-11H,9H2,1H3,(H,19,21). The molecule has 2 heterocycles. The van der Waals surface area contributed by atoms with Gasteiger partial charge in [-0.15, -0.1) is 22.7 Å². The Kier molecular flexibility index (Phi) is 5.65. The van der Waals surface area contributed by atoms with Crippen LogP contribution in [0.3, 0.4) is 0 Å². The van der Waals surface area contributed by atoms with Crippen molar-refractivity contribution in [2.24, 2.45) is 0 Å². The van der Waals surface area contributed by atoms with E-state index >= 15 is 0 Å². The Labute approximate surface area is 152 Å². The summed E-state index contributed by atoms with van der Waals surface area (Å²) < 4.78 is 13.8. The molecular formula is C17H15FN2OS3. The Morgan fingerprint density at radius 3 is 2.79 bits per heavy atom. The smallest absolute Gasteiger partial charge is 0.233 e. The van der Waals surface area contributed by atoms with Crippen LogP contribution in [0.5, 0.6) is 0 Å². The molecule has 0 aliphatic rings. The normalized spacial score (nSPS) is 12.1. The average Bonchev–Trinajstić information content (AvgIpc) is 3.25. The van der Waals surface area contributed by atoms with Crippen LogP contribution in [-0.4, -0.2) is 16.1 Å². The molecule has 1 N–H and O–H groups in total. The molecule has 0 fully saturated rings. The highest BCUT2D eigenvalue weighted by Crippen LogP contribution is 2.31. The number of hydrogen-bond acceptors (Lipinski definition) is 5. The lowest BCUT2D eigenvalue weighted by Crippen LogP contribution is -2.30. The Hall–Kier alpha value is -1.70. The summed E-state index contributed by atoms with van der Waals surface area (Å²) in [6.07, 6.45) is 0. The van der Waals surface area contributed by atoms with Crippen molar-refractivity contribution in [1.29, 1.82) is 0 Å². The second-order valence-corrected chi connectivity index (χ2v) is 8.54. The number of hydrogen-bond donors (Lipinski definition) is 1. The quantitative estimate of drug-likeness (QED) is 0.626. The van der Waals surface area contributed by atoms with E-state index in [-0.39, 0.29) is 17.0 Å². The van der Waals surface area contributed by atoms with Crippen molar-refractivity contribution in [3.05, 3.63) is 57.9 Å². The van der Waals surface area contributed by atoms with E-state index in [0.29, 0.717) is 6.54 Å². The zero-order valence-corrected chi connectivity index (χ0v) is 15.3. The molecule has 2 aromatic heterocycles. The van der Waals surface area contributed by atoms with E-state index in [0.717, 1.165) is 20.5 Å². The Balaban J connectivity index is 1.57. The van der Waals surface area contributed by atoms with Gasteiger partial charge in [0, 0.05) is 15.8 Å². The Bertz CT molecular complexity index is 800. The average molecular weight is 379 g/mol. The Morgan fingerprint density at radius 2 is 2.08 bits per heavy atom. The van der Waals surface area contributed by atoms with Crippen LogP contribution in [0.25, 0.3) is 11.3 Å². The van der Waals surface area contributed by atoms with Crippen LogP contribution in [0.4, 0.5) is 4.39 Å². The lowest BCUT2D eigenvalue weighted by atomic mass is 10.2. The van der Waals surface area contributed by atoms with Gasteiger partial charge >= 0.3 is 0 Å². The van der Waals surface area contributed by atoms with E-state index in [1.807, 2.05) is 29.8 Å². The van der Waals surface area contributed by atoms with Crippen LogP contribution in [0, 0.1) is 5.82 Å². The topological polar surface area (TPSA) is 42.0 Å². The molecular weight excluding hydrogens is 363 g/mol. The molecule has 7 heteroatoms. The molecule has 1 aromatic carbocycles. The van der Waals surface area contributed by atoms with Crippen molar-refractivity contribution in [2.75, 3.05) is 0 Å². The van der Waals surface area contributed by atoms with Crippen LogP contribution < -0.4 is 5.32 Å². The first-order chi connectivity index (χ1) is 11.6. The first-order valence-electron chi connectivity index (χ1n) is 7.30. The van der Waals surface area contributed by atoms with Crippen LogP contribution in [-0.2, 0) is 11.3 Å². The fraction of sp³-hybridized carbons (Fsp3) is 0.176. The highest BCUT2D eigenvalue weighted by molar-refractivity contribution is 8.02. The van der Waals surface area contributed by atoms with Gasteiger partial charge in [-0.1, -0.05) is 17.8 Å². The van der Waals surface area contributed by atoms with Gasteiger partial charge in [0.05, 0.1) is 17.5 Å². The van der Waals surface area contributed by atoms with Crippen LogP contribution >= 0.6 is 34.4 Å². The van der Waals surface area contributed by atoms with Gasteiger partial charge in [-0.25, -0.2) is 9.37 Å². The predicted octanol–water partition coefficient (Wildman–Crippen LogP) is 4.81. The Morgan fingerprint density at radius 1 is 1.29 bits per heavy atom. The van der Waals surface area contributed by atoms with Crippen molar-refractivity contribution >= 4 is 40.3 Å². The molecule has 1 atom stereocenters. The number of aromatic nitrogens is 1. The van der Waals surface area contributed by atoms with Crippen molar-refractivity contribution in [3.8, 4) is 11.3 Å². The van der Waals surface area contributed by atoms with Gasteiger partial charge in [0.1, 0.15) is 5.82 Å². The van der Waals surface area contributed by atoms with E-state index in [2.05, 4.69) is 10.3 Å². The summed E-state index contributed by atoms with van der Waals surface area (Å²) in [5.41, 5.74) is 1.67. The molecule has 0 saturated carbocycles. The fourth-order valence-corrected chi connectivity index (χ4v) is 4.64. The monoisotopic (exact) mass is 378 g/mol. The molecule has 0 spiro atoms. The number of carbonyl (C=O) groups excluding carboxylic acids is 1. The molecule has 0 aliphatic carbocycles. The van der Waals surface area contributed by atoms with Crippen LogP contribution in [0.2, 0.25) is 0 Å². The summed E-state index contributed by atoms with van der Waals surface area (Å²) in [6, 6.07) is 10.2. The molecule has 3 nitrogen and oxygen atoms in total. The van der Waals surface area contributed by atoms with E-state index in [1.165, 1.54) is 35.2 Å². The van der Waals surface area contributed by atoms with Gasteiger partial charge in [0.25, 0.3) is 0 Å².